The van der Waals surface area contributed by atoms with E-state index in [2.05, 4.69) is 40.7 Å². The van der Waals surface area contributed by atoms with E-state index in [-0.39, 0.29) is 34.3 Å². The molecule has 1 N–H and O–H groups in total. The van der Waals surface area contributed by atoms with Crippen molar-refractivity contribution < 1.29 is 14.2 Å². The summed E-state index contributed by atoms with van der Waals surface area (Å²) in [7, 11) is 0. The lowest BCUT2D eigenvalue weighted by Crippen LogP contribution is -2.53. The lowest BCUT2D eigenvalue weighted by Gasteiger charge is -2.59. The first-order chi connectivity index (χ1) is 15.6. The smallest absolute Gasteiger partial charge is 0.123 e. The van der Waals surface area contributed by atoms with Crippen molar-refractivity contribution in [2.45, 2.75) is 98.4 Å². The van der Waals surface area contributed by atoms with Crippen LogP contribution in [-0.4, -0.2) is 17.3 Å². The van der Waals surface area contributed by atoms with E-state index < -0.39 is 0 Å². The number of aliphatic hydroxyl groups is 1. The second kappa shape index (κ2) is 8.05. The molecule has 0 spiro atoms. The van der Waals surface area contributed by atoms with Crippen LogP contribution in [0.5, 0.6) is 0 Å². The Morgan fingerprint density at radius 2 is 1.76 bits per heavy atom. The molecular formula is C30H41FO2. The van der Waals surface area contributed by atoms with Crippen molar-refractivity contribution in [1.82, 2.24) is 0 Å². The van der Waals surface area contributed by atoms with Gasteiger partial charge in [-0.2, -0.15) is 0 Å². The fourth-order valence-corrected chi connectivity index (χ4v) is 8.35. The molecule has 0 amide bonds. The summed E-state index contributed by atoms with van der Waals surface area (Å²) in [6.07, 6.45) is 10.4. The van der Waals surface area contributed by atoms with Gasteiger partial charge in [-0.15, -0.1) is 0 Å². The summed E-state index contributed by atoms with van der Waals surface area (Å²) in [5.41, 5.74) is 6.39. The first-order valence-corrected chi connectivity index (χ1v) is 13.0. The number of allylic oxidation sites excluding steroid dienone is 4. The molecule has 180 valence electrons. The first kappa shape index (κ1) is 23.3. The van der Waals surface area contributed by atoms with Crippen molar-refractivity contribution in [3.05, 3.63) is 58.4 Å². The first-order valence-electron chi connectivity index (χ1n) is 13.0. The molecule has 1 aromatic carbocycles. The molecule has 0 aliphatic heterocycles. The van der Waals surface area contributed by atoms with E-state index in [1.807, 2.05) is 12.1 Å². The number of aliphatic hydroxyl groups excluding tert-OH is 1. The number of ether oxygens (including phenoxy) is 1. The summed E-state index contributed by atoms with van der Waals surface area (Å²) < 4.78 is 19.6. The largest absolute Gasteiger partial charge is 0.393 e. The normalized spacial score (nSPS) is 38.3. The quantitative estimate of drug-likeness (QED) is 0.517. The third-order valence-electron chi connectivity index (χ3n) is 10.4. The molecule has 1 aromatic rings. The van der Waals surface area contributed by atoms with Crippen molar-refractivity contribution in [2.75, 3.05) is 0 Å². The summed E-state index contributed by atoms with van der Waals surface area (Å²) >= 11 is 0. The van der Waals surface area contributed by atoms with Crippen molar-refractivity contribution >= 4 is 0 Å². The standard InChI is InChI=1S/C30H41FO2/c1-19(33-18-20-6-8-21(31)9-7-20)23-11-12-24-22-10-13-26-28(2,3)27(32)15-17-30(26,5)25(22)14-16-29(23,24)4/h6-9,12,19,23,26-27,32H,10-11,13-18H2,1-5H3/t19-,23-,26+,27+,29-,30-/m1/s1. The molecule has 6 atom stereocenters. The minimum Gasteiger partial charge on any atom is -0.393 e. The Morgan fingerprint density at radius 3 is 2.48 bits per heavy atom. The highest BCUT2D eigenvalue weighted by molar-refractivity contribution is 5.50. The van der Waals surface area contributed by atoms with Crippen molar-refractivity contribution in [3.63, 3.8) is 0 Å². The Bertz CT molecular complexity index is 974. The second-order valence-electron chi connectivity index (χ2n) is 12.4. The van der Waals surface area contributed by atoms with Crippen LogP contribution in [0.1, 0.15) is 85.1 Å². The summed E-state index contributed by atoms with van der Waals surface area (Å²) in [5.74, 6) is 0.847. The van der Waals surface area contributed by atoms with Crippen LogP contribution in [-0.2, 0) is 11.3 Å². The zero-order chi connectivity index (χ0) is 23.6. The minimum absolute atomic E-state index is 0.0123. The van der Waals surface area contributed by atoms with Crippen LogP contribution in [0, 0.1) is 33.9 Å². The fourth-order valence-electron chi connectivity index (χ4n) is 8.35. The molecule has 0 heterocycles. The second-order valence-corrected chi connectivity index (χ2v) is 12.4. The Morgan fingerprint density at radius 1 is 1.03 bits per heavy atom. The monoisotopic (exact) mass is 452 g/mol. The van der Waals surface area contributed by atoms with E-state index in [4.69, 9.17) is 4.74 Å². The van der Waals surface area contributed by atoms with E-state index in [1.54, 1.807) is 16.7 Å². The molecule has 3 heteroatoms. The molecule has 0 unspecified atom stereocenters. The van der Waals surface area contributed by atoms with Gasteiger partial charge in [0.15, 0.2) is 0 Å². The van der Waals surface area contributed by atoms with Gasteiger partial charge in [0.2, 0.25) is 0 Å². The molecular weight excluding hydrogens is 411 g/mol. The Hall–Kier alpha value is -1.45. The van der Waals surface area contributed by atoms with Gasteiger partial charge in [-0.25, -0.2) is 4.39 Å². The minimum atomic E-state index is -0.200. The SMILES string of the molecule is C[C@@H](OCc1ccc(F)cc1)[C@H]1CC=C2C3=C(CC[C@@]21C)[C@@]1(C)CC[C@H](O)C(C)(C)[C@@H]1CC3. The van der Waals surface area contributed by atoms with E-state index in [1.165, 1.54) is 31.4 Å². The van der Waals surface area contributed by atoms with Crippen LogP contribution in [0.2, 0.25) is 0 Å². The summed E-state index contributed by atoms with van der Waals surface area (Å²) in [6, 6.07) is 6.66. The molecule has 1 saturated carbocycles. The zero-order valence-electron chi connectivity index (χ0n) is 21.1. The van der Waals surface area contributed by atoms with Crippen molar-refractivity contribution in [3.8, 4) is 0 Å². The summed E-state index contributed by atoms with van der Waals surface area (Å²) in [5, 5.41) is 10.8. The highest BCUT2D eigenvalue weighted by Gasteiger charge is 2.57. The molecule has 0 saturated heterocycles. The maximum atomic E-state index is 13.2. The lowest BCUT2D eigenvalue weighted by molar-refractivity contribution is -0.0910. The molecule has 0 aromatic heterocycles. The number of halogens is 1. The molecule has 33 heavy (non-hydrogen) atoms. The van der Waals surface area contributed by atoms with E-state index in [0.29, 0.717) is 18.4 Å². The molecule has 2 nitrogen and oxygen atoms in total. The topological polar surface area (TPSA) is 29.5 Å². The van der Waals surface area contributed by atoms with Gasteiger partial charge in [0.1, 0.15) is 5.82 Å². The summed E-state index contributed by atoms with van der Waals surface area (Å²) in [4.78, 5) is 0. The van der Waals surface area contributed by atoms with Gasteiger partial charge in [0.25, 0.3) is 0 Å². The predicted octanol–water partition coefficient (Wildman–Crippen LogP) is 7.37. The number of hydrogen-bond acceptors (Lipinski definition) is 2. The van der Waals surface area contributed by atoms with Gasteiger partial charge in [-0.3, -0.25) is 0 Å². The fraction of sp³-hybridized carbons (Fsp3) is 0.667. The van der Waals surface area contributed by atoms with E-state index in [0.717, 1.165) is 31.2 Å². The maximum absolute atomic E-state index is 13.2. The average molecular weight is 453 g/mol. The van der Waals surface area contributed by atoms with Crippen molar-refractivity contribution in [2.24, 2.45) is 28.1 Å². The Balaban J connectivity index is 1.36. The Labute approximate surface area is 199 Å². The average Bonchev–Trinajstić information content (AvgIpc) is 3.13. The van der Waals surface area contributed by atoms with E-state index in [9.17, 15) is 9.50 Å². The van der Waals surface area contributed by atoms with Gasteiger partial charge < -0.3 is 9.84 Å². The molecule has 4 aliphatic rings. The van der Waals surface area contributed by atoms with Crippen LogP contribution in [0.4, 0.5) is 4.39 Å². The third-order valence-corrected chi connectivity index (χ3v) is 10.4. The zero-order valence-corrected chi connectivity index (χ0v) is 21.1. The summed E-state index contributed by atoms with van der Waals surface area (Å²) in [6.45, 7) is 12.3. The predicted molar refractivity (Wildman–Crippen MR) is 131 cm³/mol. The third kappa shape index (κ3) is 3.57. The number of rotatable bonds is 4. The lowest BCUT2D eigenvalue weighted by atomic mass is 9.46. The van der Waals surface area contributed by atoms with Crippen LogP contribution in [0.3, 0.4) is 0 Å². The van der Waals surface area contributed by atoms with Gasteiger partial charge in [-0.1, -0.05) is 51.5 Å². The number of benzene rings is 1. The number of fused-ring (bicyclic) bond motifs is 4. The van der Waals surface area contributed by atoms with Gasteiger partial charge in [-0.05, 0) is 109 Å². The molecule has 0 bridgehead atoms. The molecule has 4 aliphatic carbocycles. The molecule has 0 radical (unpaired) electrons. The maximum Gasteiger partial charge on any atom is 0.123 e. The molecule has 1 fully saturated rings. The van der Waals surface area contributed by atoms with Gasteiger partial charge >= 0.3 is 0 Å². The van der Waals surface area contributed by atoms with Crippen molar-refractivity contribution in [1.29, 1.82) is 0 Å². The molecule has 5 rings (SSSR count). The highest BCUT2D eigenvalue weighted by Crippen LogP contribution is 2.66. The van der Waals surface area contributed by atoms with Gasteiger partial charge in [0.05, 0.1) is 18.8 Å². The number of hydrogen-bond donors (Lipinski definition) is 1. The van der Waals surface area contributed by atoms with E-state index >= 15 is 0 Å². The van der Waals surface area contributed by atoms with Crippen LogP contribution >= 0.6 is 0 Å². The van der Waals surface area contributed by atoms with Crippen LogP contribution in [0.15, 0.2) is 47.1 Å². The Kier molecular flexibility index (Phi) is 5.69. The van der Waals surface area contributed by atoms with Crippen LogP contribution < -0.4 is 0 Å². The van der Waals surface area contributed by atoms with Gasteiger partial charge in [0, 0.05) is 0 Å². The highest BCUT2D eigenvalue weighted by atomic mass is 19.1. The van der Waals surface area contributed by atoms with Crippen LogP contribution in [0.25, 0.3) is 0 Å².